The molecule has 0 unspecified atom stereocenters. The van der Waals surface area contributed by atoms with Crippen molar-refractivity contribution in [2.24, 2.45) is 5.41 Å². The fourth-order valence-electron chi connectivity index (χ4n) is 9.59. The van der Waals surface area contributed by atoms with Crippen LogP contribution in [0.3, 0.4) is 0 Å². The number of hydrogen-bond acceptors (Lipinski definition) is 10. The molecule has 15 heteroatoms. The van der Waals surface area contributed by atoms with Gasteiger partial charge in [0.1, 0.15) is 17.7 Å². The number of carbonyl (C=O) groups is 2. The summed E-state index contributed by atoms with van der Waals surface area (Å²) in [7, 11) is 1.61. The number of nitrogens with one attached hydrogen (secondary N) is 2. The molecule has 10 rings (SSSR count). The molecular weight excluding hydrogens is 851 g/mol. The zero-order chi connectivity index (χ0) is 43.0. The number of piperidine rings is 2. The minimum absolute atomic E-state index is 0.0943. The van der Waals surface area contributed by atoms with E-state index >= 15 is 0 Å². The third-order valence-corrected chi connectivity index (χ3v) is 13.7. The molecule has 2 atom stereocenters. The number of pyridine rings is 3. The molecule has 0 spiro atoms. The molecule has 322 valence electrons. The monoisotopic (exact) mass is 896 g/mol. The normalized spacial score (nSPS) is 21.7. The molecule has 1 amide bonds. The Kier molecular flexibility index (Phi) is 12.3. The van der Waals surface area contributed by atoms with Crippen LogP contribution in [-0.2, 0) is 35.7 Å². The van der Waals surface area contributed by atoms with Crippen molar-refractivity contribution in [1.29, 1.82) is 0 Å². The van der Waals surface area contributed by atoms with E-state index in [0.717, 1.165) is 70.2 Å². The number of aromatic nitrogens is 3. The Bertz CT molecular complexity index is 2520. The second kappa shape index (κ2) is 18.0. The Labute approximate surface area is 375 Å². The van der Waals surface area contributed by atoms with Gasteiger partial charge < -0.3 is 30.0 Å². The first kappa shape index (κ1) is 42.3. The van der Waals surface area contributed by atoms with Crippen LogP contribution < -0.4 is 24.8 Å². The maximum Gasteiger partial charge on any atom is 0.310 e. The Hall–Kier alpha value is -4.98. The zero-order valence-electron chi connectivity index (χ0n) is 34.3. The van der Waals surface area contributed by atoms with Crippen LogP contribution in [0.2, 0.25) is 15.1 Å². The Morgan fingerprint density at radius 1 is 0.919 bits per heavy atom. The second-order valence-corrected chi connectivity index (χ2v) is 18.0. The van der Waals surface area contributed by atoms with E-state index in [0.29, 0.717) is 84.4 Å². The number of carboxylic acids is 1. The molecule has 6 heterocycles. The summed E-state index contributed by atoms with van der Waals surface area (Å²) in [6.07, 6.45) is 8.80. The van der Waals surface area contributed by atoms with Crippen LogP contribution in [0.15, 0.2) is 73.1 Å². The lowest BCUT2D eigenvalue weighted by molar-refractivity contribution is -0.160. The minimum Gasteiger partial charge on any atom is -0.481 e. The van der Waals surface area contributed by atoms with E-state index in [2.05, 4.69) is 32.7 Å². The molecule has 3 N–H and O–H groups in total. The fourth-order valence-corrected chi connectivity index (χ4v) is 10.3. The van der Waals surface area contributed by atoms with Crippen LogP contribution in [-0.4, -0.2) is 69.1 Å². The number of carbonyl (C=O) groups excluding carboxylic acids is 1. The number of benzene rings is 2. The van der Waals surface area contributed by atoms with Gasteiger partial charge in [0.15, 0.2) is 0 Å². The summed E-state index contributed by atoms with van der Waals surface area (Å²) in [4.78, 5) is 40.2. The maximum atomic E-state index is 12.4. The van der Waals surface area contributed by atoms with Crippen LogP contribution >= 0.6 is 34.8 Å². The first-order valence-corrected chi connectivity index (χ1v) is 22.2. The van der Waals surface area contributed by atoms with Crippen LogP contribution in [0, 0.1) is 5.41 Å². The van der Waals surface area contributed by atoms with Crippen LogP contribution in [0.4, 0.5) is 0 Å². The molecule has 0 radical (unpaired) electrons. The molecule has 3 saturated heterocycles. The van der Waals surface area contributed by atoms with Crippen LogP contribution in [0.25, 0.3) is 22.4 Å². The molecule has 2 bridgehead atoms. The summed E-state index contributed by atoms with van der Waals surface area (Å²) in [5.74, 6) is 0.481. The molecule has 3 aliphatic heterocycles. The molecule has 2 aromatic carbocycles. The smallest absolute Gasteiger partial charge is 0.310 e. The Balaban J connectivity index is 0.955. The zero-order valence-corrected chi connectivity index (χ0v) is 36.5. The number of nitrogens with zero attached hydrogens (tertiary/aromatic N) is 4. The molecule has 3 aromatic heterocycles. The van der Waals surface area contributed by atoms with E-state index < -0.39 is 11.4 Å². The molecular formula is C47H47Cl3N6O6. The quantitative estimate of drug-likeness (QED) is 0.0925. The van der Waals surface area contributed by atoms with Gasteiger partial charge >= 0.3 is 5.97 Å². The third-order valence-electron chi connectivity index (χ3n) is 12.8. The van der Waals surface area contributed by atoms with Crippen molar-refractivity contribution >= 4 is 46.7 Å². The summed E-state index contributed by atoms with van der Waals surface area (Å²) in [5.41, 5.74) is 7.22. The summed E-state index contributed by atoms with van der Waals surface area (Å²) in [5, 5.41) is 18.0. The number of hydrogen-bond donors (Lipinski definition) is 3. The van der Waals surface area contributed by atoms with E-state index in [1.54, 1.807) is 25.6 Å². The van der Waals surface area contributed by atoms with Crippen molar-refractivity contribution in [3.63, 3.8) is 0 Å². The van der Waals surface area contributed by atoms with E-state index in [-0.39, 0.29) is 36.6 Å². The standard InChI is InChI=1S/C47H47Cl3N6O6/c1-60-43-28(21-52-23-31-9-13-41(57)53-31)8-11-39(54-43)37-7-3-6-36(42(37)50)33-4-2-5-35-34(33)10-12-40(35)62-45-38(49)19-29(44(55-45)61-25-27-18-30(48)22-51-20-27)24-56-26-47(46(58)59)16-14-32(56)15-17-47/h2-8,11,18-20,22,31-32,40,52H,9-10,12-17,21,23-26H2,1H3,(H,53,57)(H,58,59)/t31-,32?,40-,47?/m0/s1. The summed E-state index contributed by atoms with van der Waals surface area (Å²) in [6.45, 7) is 2.29. The first-order valence-electron chi connectivity index (χ1n) is 21.1. The number of carboxylic acid groups (broad SMARTS) is 1. The highest BCUT2D eigenvalue weighted by Crippen LogP contribution is 2.47. The van der Waals surface area contributed by atoms with E-state index in [1.165, 1.54) is 0 Å². The predicted molar refractivity (Wildman–Crippen MR) is 237 cm³/mol. The number of fused-ring (bicyclic) bond motifs is 4. The highest BCUT2D eigenvalue weighted by molar-refractivity contribution is 6.36. The lowest BCUT2D eigenvalue weighted by Crippen LogP contribution is -2.56. The highest BCUT2D eigenvalue weighted by atomic mass is 35.5. The fraction of sp³-hybridized carbons (Fsp3) is 0.383. The topological polar surface area (TPSA) is 148 Å². The van der Waals surface area contributed by atoms with Gasteiger partial charge in [-0.25, -0.2) is 4.98 Å². The van der Waals surface area contributed by atoms with Crippen LogP contribution in [0.1, 0.15) is 78.9 Å². The third kappa shape index (κ3) is 8.68. The minimum atomic E-state index is -0.742. The molecule has 2 aliphatic carbocycles. The lowest BCUT2D eigenvalue weighted by atomic mass is 9.67. The average molecular weight is 898 g/mol. The van der Waals surface area contributed by atoms with Crippen molar-refractivity contribution in [2.45, 2.75) is 89.3 Å². The predicted octanol–water partition coefficient (Wildman–Crippen LogP) is 9.02. The van der Waals surface area contributed by atoms with Gasteiger partial charge in [0.25, 0.3) is 0 Å². The molecule has 12 nitrogen and oxygen atoms in total. The largest absolute Gasteiger partial charge is 0.481 e. The van der Waals surface area contributed by atoms with E-state index in [1.807, 2.05) is 42.5 Å². The number of ether oxygens (including phenoxy) is 3. The van der Waals surface area contributed by atoms with Crippen molar-refractivity contribution in [1.82, 2.24) is 30.5 Å². The molecule has 4 fully saturated rings. The second-order valence-electron chi connectivity index (χ2n) is 16.7. The number of rotatable bonds is 15. The highest BCUT2D eigenvalue weighted by Gasteiger charge is 2.49. The van der Waals surface area contributed by atoms with Crippen LogP contribution in [0.5, 0.6) is 17.6 Å². The first-order chi connectivity index (χ1) is 30.1. The van der Waals surface area contributed by atoms with Crippen molar-refractivity contribution in [3.8, 4) is 40.0 Å². The van der Waals surface area contributed by atoms with Gasteiger partial charge in [-0.15, -0.1) is 0 Å². The van der Waals surface area contributed by atoms with E-state index in [9.17, 15) is 14.7 Å². The van der Waals surface area contributed by atoms with Gasteiger partial charge in [0, 0.05) is 84.9 Å². The SMILES string of the molecule is COc1nc(-c2cccc(-c3cccc4c3CC[C@@H]4Oc3nc(OCc4cncc(Cl)c4)c(CN4CC5(C(=O)O)CCC4CC5)cc3Cl)c2Cl)ccc1CNC[C@@H]1CCC(=O)N1. The van der Waals surface area contributed by atoms with Gasteiger partial charge in [-0.1, -0.05) is 77.3 Å². The number of aliphatic carboxylic acids is 1. The Morgan fingerprint density at radius 3 is 2.50 bits per heavy atom. The summed E-state index contributed by atoms with van der Waals surface area (Å²) >= 11 is 20.5. The van der Waals surface area contributed by atoms with Gasteiger partial charge in [0.05, 0.1) is 28.3 Å². The summed E-state index contributed by atoms with van der Waals surface area (Å²) < 4.78 is 18.7. The molecule has 1 saturated carbocycles. The van der Waals surface area contributed by atoms with Crippen molar-refractivity contribution < 1.29 is 28.9 Å². The van der Waals surface area contributed by atoms with Gasteiger partial charge in [-0.3, -0.25) is 19.5 Å². The van der Waals surface area contributed by atoms with Gasteiger partial charge in [0.2, 0.25) is 23.5 Å². The molecule has 5 aromatic rings. The average Bonchev–Trinajstić information content (AvgIpc) is 3.90. The molecule has 62 heavy (non-hydrogen) atoms. The summed E-state index contributed by atoms with van der Waals surface area (Å²) in [6, 6.07) is 20.1. The number of amides is 1. The van der Waals surface area contributed by atoms with Gasteiger partial charge in [-0.05, 0) is 79.8 Å². The Morgan fingerprint density at radius 2 is 1.73 bits per heavy atom. The maximum absolute atomic E-state index is 12.4. The number of halogens is 3. The molecule has 5 aliphatic rings. The number of methoxy groups -OCH3 is 1. The van der Waals surface area contributed by atoms with Crippen molar-refractivity contribution in [2.75, 3.05) is 20.2 Å². The van der Waals surface area contributed by atoms with E-state index in [4.69, 9.17) is 59.0 Å². The van der Waals surface area contributed by atoms with Crippen molar-refractivity contribution in [3.05, 3.63) is 116 Å². The lowest BCUT2D eigenvalue weighted by Gasteiger charge is -2.50. The van der Waals surface area contributed by atoms with Gasteiger partial charge in [-0.2, -0.15) is 4.98 Å².